The molecule has 1 fully saturated rings. The maximum absolute atomic E-state index is 11.7. The quantitative estimate of drug-likeness (QED) is 0.713. The zero-order valence-electron chi connectivity index (χ0n) is 12.1. The van der Waals surface area contributed by atoms with Gasteiger partial charge in [-0.2, -0.15) is 0 Å². The summed E-state index contributed by atoms with van der Waals surface area (Å²) in [4.78, 5) is 24.9. The predicted octanol–water partition coefficient (Wildman–Crippen LogP) is 0.335. The van der Waals surface area contributed by atoms with Crippen molar-refractivity contribution >= 4 is 12.0 Å². The van der Waals surface area contributed by atoms with Gasteiger partial charge >= 0.3 is 6.09 Å². The van der Waals surface area contributed by atoms with Gasteiger partial charge in [-0.3, -0.25) is 4.79 Å². The van der Waals surface area contributed by atoms with Gasteiger partial charge in [0.25, 0.3) is 0 Å². The van der Waals surface area contributed by atoms with E-state index in [2.05, 4.69) is 16.6 Å². The first kappa shape index (κ1) is 16.3. The first-order valence-corrected chi connectivity index (χ1v) is 6.97. The molecule has 1 aliphatic heterocycles. The van der Waals surface area contributed by atoms with Crippen LogP contribution in [0, 0.1) is 12.3 Å². The number of rotatable bonds is 5. The highest BCUT2D eigenvalue weighted by Gasteiger charge is 2.25. The van der Waals surface area contributed by atoms with Crippen LogP contribution >= 0.6 is 0 Å². The molecule has 1 rings (SSSR count). The van der Waals surface area contributed by atoms with Crippen LogP contribution in [-0.2, 0) is 9.53 Å². The molecule has 0 spiro atoms. The molecule has 6 heteroatoms. The van der Waals surface area contributed by atoms with Crippen molar-refractivity contribution in [2.75, 3.05) is 26.2 Å². The van der Waals surface area contributed by atoms with E-state index in [4.69, 9.17) is 11.2 Å². The fourth-order valence-electron chi connectivity index (χ4n) is 2.16. The van der Waals surface area contributed by atoms with Crippen LogP contribution in [0.1, 0.15) is 26.7 Å². The van der Waals surface area contributed by atoms with Gasteiger partial charge in [0.05, 0.1) is 19.2 Å². The van der Waals surface area contributed by atoms with Crippen molar-refractivity contribution in [1.29, 1.82) is 0 Å². The van der Waals surface area contributed by atoms with Crippen LogP contribution in [0.4, 0.5) is 4.79 Å². The fourth-order valence-corrected chi connectivity index (χ4v) is 2.16. The Morgan fingerprint density at radius 1 is 1.45 bits per heavy atom. The Labute approximate surface area is 120 Å². The standard InChI is InChI=1S/C14H23N3O3/c1-4-8-15-13(18)11(3)16-12-6-9-17(10-7-12)14(19)20-5-2/h1,11-12,16H,5-10H2,2-3H3,(H,15,18). The second-order valence-corrected chi connectivity index (χ2v) is 4.77. The summed E-state index contributed by atoms with van der Waals surface area (Å²) < 4.78 is 4.96. The molecule has 1 atom stereocenters. The number of carbonyl (C=O) groups is 2. The average Bonchev–Trinajstić information content (AvgIpc) is 2.45. The second kappa shape index (κ2) is 8.43. The van der Waals surface area contributed by atoms with Gasteiger partial charge in [-0.1, -0.05) is 5.92 Å². The van der Waals surface area contributed by atoms with Crippen molar-refractivity contribution in [3.63, 3.8) is 0 Å². The van der Waals surface area contributed by atoms with Crippen molar-refractivity contribution in [2.45, 2.75) is 38.8 Å². The maximum Gasteiger partial charge on any atom is 0.409 e. The summed E-state index contributed by atoms with van der Waals surface area (Å²) in [5, 5.41) is 5.90. The summed E-state index contributed by atoms with van der Waals surface area (Å²) in [7, 11) is 0. The number of hydrogen-bond acceptors (Lipinski definition) is 4. The molecule has 1 aliphatic rings. The van der Waals surface area contributed by atoms with Crippen LogP contribution in [0.25, 0.3) is 0 Å². The van der Waals surface area contributed by atoms with Crippen molar-refractivity contribution in [3.8, 4) is 12.3 Å². The van der Waals surface area contributed by atoms with E-state index < -0.39 is 0 Å². The second-order valence-electron chi connectivity index (χ2n) is 4.77. The van der Waals surface area contributed by atoms with Gasteiger partial charge in [0.2, 0.25) is 5.91 Å². The molecule has 0 aromatic rings. The lowest BCUT2D eigenvalue weighted by Gasteiger charge is -2.33. The molecule has 0 saturated carbocycles. The summed E-state index contributed by atoms with van der Waals surface area (Å²) in [6.07, 6.45) is 6.46. The number of nitrogens with one attached hydrogen (secondary N) is 2. The number of piperidine rings is 1. The van der Waals surface area contributed by atoms with Crippen LogP contribution < -0.4 is 10.6 Å². The molecule has 0 aliphatic carbocycles. The Morgan fingerprint density at radius 2 is 2.10 bits per heavy atom. The van der Waals surface area contributed by atoms with Crippen molar-refractivity contribution in [1.82, 2.24) is 15.5 Å². The van der Waals surface area contributed by atoms with Crippen LogP contribution in [0.2, 0.25) is 0 Å². The molecule has 6 nitrogen and oxygen atoms in total. The zero-order valence-corrected chi connectivity index (χ0v) is 12.1. The average molecular weight is 281 g/mol. The Bertz CT molecular complexity index is 370. The molecule has 1 heterocycles. The molecule has 2 amide bonds. The molecule has 0 radical (unpaired) electrons. The van der Waals surface area contributed by atoms with Crippen LogP contribution in [0.5, 0.6) is 0 Å². The van der Waals surface area contributed by atoms with E-state index in [0.717, 1.165) is 12.8 Å². The van der Waals surface area contributed by atoms with Gasteiger partial charge in [-0.05, 0) is 26.7 Å². The number of hydrogen-bond donors (Lipinski definition) is 2. The molecule has 0 bridgehead atoms. The van der Waals surface area contributed by atoms with E-state index >= 15 is 0 Å². The zero-order chi connectivity index (χ0) is 15.0. The normalized spacial score (nSPS) is 17.1. The highest BCUT2D eigenvalue weighted by atomic mass is 16.6. The molecule has 1 saturated heterocycles. The van der Waals surface area contributed by atoms with Crippen LogP contribution in [0.15, 0.2) is 0 Å². The third-order valence-electron chi connectivity index (χ3n) is 3.26. The van der Waals surface area contributed by atoms with Gasteiger partial charge in [-0.15, -0.1) is 6.42 Å². The van der Waals surface area contributed by atoms with Gasteiger partial charge in [0.15, 0.2) is 0 Å². The first-order chi connectivity index (χ1) is 9.58. The molecule has 0 aromatic heterocycles. The monoisotopic (exact) mass is 281 g/mol. The highest BCUT2D eigenvalue weighted by molar-refractivity contribution is 5.81. The Balaban J connectivity index is 2.30. The van der Waals surface area contributed by atoms with E-state index in [9.17, 15) is 9.59 Å². The van der Waals surface area contributed by atoms with Gasteiger partial charge < -0.3 is 20.3 Å². The van der Waals surface area contributed by atoms with E-state index in [1.807, 2.05) is 6.92 Å². The summed E-state index contributed by atoms with van der Waals surface area (Å²) in [6.45, 7) is 5.53. The molecule has 1 unspecified atom stereocenters. The minimum absolute atomic E-state index is 0.101. The fraction of sp³-hybridized carbons (Fsp3) is 0.714. The number of carbonyl (C=O) groups excluding carboxylic acids is 2. The maximum atomic E-state index is 11.7. The summed E-state index contributed by atoms with van der Waals surface area (Å²) in [5.74, 6) is 2.27. The molecular formula is C14H23N3O3. The van der Waals surface area contributed by atoms with Crippen molar-refractivity contribution in [3.05, 3.63) is 0 Å². The lowest BCUT2D eigenvalue weighted by atomic mass is 10.0. The van der Waals surface area contributed by atoms with Crippen molar-refractivity contribution < 1.29 is 14.3 Å². The number of terminal acetylenes is 1. The van der Waals surface area contributed by atoms with Crippen LogP contribution in [-0.4, -0.2) is 55.2 Å². The Kier molecular flexibility index (Phi) is 6.88. The van der Waals surface area contributed by atoms with E-state index in [1.54, 1.807) is 11.8 Å². The Hall–Kier alpha value is -1.74. The van der Waals surface area contributed by atoms with E-state index in [0.29, 0.717) is 19.7 Å². The third kappa shape index (κ3) is 5.10. The summed E-state index contributed by atoms with van der Waals surface area (Å²) in [6, 6.07) is -0.0604. The molecular weight excluding hydrogens is 258 g/mol. The minimum Gasteiger partial charge on any atom is -0.450 e. The summed E-state index contributed by atoms with van der Waals surface area (Å²) in [5.41, 5.74) is 0. The largest absolute Gasteiger partial charge is 0.450 e. The highest BCUT2D eigenvalue weighted by Crippen LogP contribution is 2.12. The number of likely N-dealkylation sites (tertiary alicyclic amines) is 1. The van der Waals surface area contributed by atoms with Gasteiger partial charge in [0, 0.05) is 19.1 Å². The minimum atomic E-state index is -0.289. The first-order valence-electron chi connectivity index (χ1n) is 6.97. The lowest BCUT2D eigenvalue weighted by Crippen LogP contribution is -2.51. The van der Waals surface area contributed by atoms with Crippen LogP contribution in [0.3, 0.4) is 0 Å². The third-order valence-corrected chi connectivity index (χ3v) is 3.26. The van der Waals surface area contributed by atoms with Gasteiger partial charge in [-0.25, -0.2) is 4.79 Å². The molecule has 20 heavy (non-hydrogen) atoms. The number of ether oxygens (including phenoxy) is 1. The van der Waals surface area contributed by atoms with E-state index in [1.165, 1.54) is 0 Å². The predicted molar refractivity (Wildman–Crippen MR) is 76.1 cm³/mol. The smallest absolute Gasteiger partial charge is 0.409 e. The number of nitrogens with zero attached hydrogens (tertiary/aromatic N) is 1. The van der Waals surface area contributed by atoms with Gasteiger partial charge in [0.1, 0.15) is 0 Å². The number of amides is 2. The molecule has 112 valence electrons. The summed E-state index contributed by atoms with van der Waals surface area (Å²) >= 11 is 0. The lowest BCUT2D eigenvalue weighted by molar-refractivity contribution is -0.122. The topological polar surface area (TPSA) is 70.7 Å². The Morgan fingerprint density at radius 3 is 2.65 bits per heavy atom. The SMILES string of the molecule is C#CCNC(=O)C(C)NC1CCN(C(=O)OCC)CC1. The van der Waals surface area contributed by atoms with E-state index in [-0.39, 0.29) is 30.6 Å². The molecule has 0 aromatic carbocycles. The van der Waals surface area contributed by atoms with Crippen molar-refractivity contribution in [2.24, 2.45) is 0 Å². The molecule has 2 N–H and O–H groups in total.